The monoisotopic (exact) mass is 212 g/mol. The van der Waals surface area contributed by atoms with Gasteiger partial charge in [-0.25, -0.2) is 0 Å². The van der Waals surface area contributed by atoms with Crippen LogP contribution in [-0.2, 0) is 4.79 Å². The molecular formula is C12H24N2O. The van der Waals surface area contributed by atoms with E-state index in [1.54, 1.807) is 4.90 Å². The zero-order chi connectivity index (χ0) is 11.4. The molecule has 0 aromatic heterocycles. The van der Waals surface area contributed by atoms with Crippen LogP contribution in [0.2, 0.25) is 0 Å². The fourth-order valence-corrected chi connectivity index (χ4v) is 2.40. The number of carbonyl (C=O) groups is 1. The number of nitrogens with one attached hydrogen (secondary N) is 1. The van der Waals surface area contributed by atoms with Gasteiger partial charge in [0.25, 0.3) is 0 Å². The minimum absolute atomic E-state index is 0.0460. The van der Waals surface area contributed by atoms with E-state index in [1.165, 1.54) is 25.7 Å². The van der Waals surface area contributed by atoms with E-state index in [0.29, 0.717) is 6.04 Å². The van der Waals surface area contributed by atoms with Crippen molar-refractivity contribution in [3.8, 4) is 0 Å². The standard InChI is InChI=1S/C12H24N2O/c1-9-6-5-7-11(8-9)13-10(2)12(15)14(3)4/h9-11,13H,5-8H2,1-4H3/t9?,10-,11?/m1/s1. The summed E-state index contributed by atoms with van der Waals surface area (Å²) in [6.45, 7) is 4.26. The van der Waals surface area contributed by atoms with Crippen molar-refractivity contribution in [1.29, 1.82) is 0 Å². The summed E-state index contributed by atoms with van der Waals surface area (Å²) in [4.78, 5) is 13.3. The summed E-state index contributed by atoms with van der Waals surface area (Å²) in [5.74, 6) is 0.978. The van der Waals surface area contributed by atoms with E-state index in [4.69, 9.17) is 0 Å². The van der Waals surface area contributed by atoms with Crippen molar-refractivity contribution in [3.63, 3.8) is 0 Å². The van der Waals surface area contributed by atoms with Gasteiger partial charge in [0.15, 0.2) is 0 Å². The summed E-state index contributed by atoms with van der Waals surface area (Å²) in [7, 11) is 3.62. The summed E-state index contributed by atoms with van der Waals surface area (Å²) in [5, 5.41) is 3.44. The molecule has 3 heteroatoms. The highest BCUT2D eigenvalue weighted by Gasteiger charge is 2.23. The second-order valence-electron chi connectivity index (χ2n) is 5.09. The van der Waals surface area contributed by atoms with Crippen molar-refractivity contribution >= 4 is 5.91 Å². The van der Waals surface area contributed by atoms with E-state index in [1.807, 2.05) is 21.0 Å². The second-order valence-corrected chi connectivity index (χ2v) is 5.09. The molecule has 1 amide bonds. The Balaban J connectivity index is 2.36. The summed E-state index contributed by atoms with van der Waals surface area (Å²) in [5.41, 5.74) is 0. The SMILES string of the molecule is CC1CCCC(N[C@H](C)C(=O)N(C)C)C1. The maximum atomic E-state index is 11.7. The molecular weight excluding hydrogens is 188 g/mol. The van der Waals surface area contributed by atoms with Gasteiger partial charge in [0.1, 0.15) is 0 Å². The maximum Gasteiger partial charge on any atom is 0.238 e. The van der Waals surface area contributed by atoms with Crippen molar-refractivity contribution in [3.05, 3.63) is 0 Å². The van der Waals surface area contributed by atoms with E-state index >= 15 is 0 Å². The predicted octanol–water partition coefficient (Wildman–Crippen LogP) is 1.63. The van der Waals surface area contributed by atoms with E-state index in [0.717, 1.165) is 5.92 Å². The molecule has 15 heavy (non-hydrogen) atoms. The maximum absolute atomic E-state index is 11.7. The fourth-order valence-electron chi connectivity index (χ4n) is 2.40. The average molecular weight is 212 g/mol. The molecule has 3 atom stereocenters. The molecule has 0 aromatic carbocycles. The molecule has 1 aliphatic carbocycles. The van der Waals surface area contributed by atoms with Crippen LogP contribution in [0.25, 0.3) is 0 Å². The largest absolute Gasteiger partial charge is 0.347 e. The summed E-state index contributed by atoms with van der Waals surface area (Å²) in [6.07, 6.45) is 5.07. The topological polar surface area (TPSA) is 32.3 Å². The van der Waals surface area contributed by atoms with E-state index in [9.17, 15) is 4.79 Å². The lowest BCUT2D eigenvalue weighted by molar-refractivity contribution is -0.130. The van der Waals surface area contributed by atoms with Gasteiger partial charge in [-0.05, 0) is 25.7 Å². The third kappa shape index (κ3) is 3.82. The molecule has 88 valence electrons. The minimum atomic E-state index is -0.0460. The summed E-state index contributed by atoms with van der Waals surface area (Å²) in [6, 6.07) is 0.489. The zero-order valence-corrected chi connectivity index (χ0v) is 10.4. The van der Waals surface area contributed by atoms with Crippen LogP contribution in [0.3, 0.4) is 0 Å². The number of likely N-dealkylation sites (N-methyl/N-ethyl adjacent to an activating group) is 1. The van der Waals surface area contributed by atoms with Crippen LogP contribution >= 0.6 is 0 Å². The summed E-state index contributed by atoms with van der Waals surface area (Å²) < 4.78 is 0. The van der Waals surface area contributed by atoms with Gasteiger partial charge in [-0.2, -0.15) is 0 Å². The van der Waals surface area contributed by atoms with E-state index < -0.39 is 0 Å². The Morgan fingerprint density at radius 3 is 2.60 bits per heavy atom. The number of hydrogen-bond donors (Lipinski definition) is 1. The Kier molecular flexibility index (Phi) is 4.58. The quantitative estimate of drug-likeness (QED) is 0.771. The molecule has 1 aliphatic rings. The van der Waals surface area contributed by atoms with Gasteiger partial charge < -0.3 is 10.2 Å². The van der Waals surface area contributed by atoms with Gasteiger partial charge in [0, 0.05) is 20.1 Å². The molecule has 0 aliphatic heterocycles. The normalized spacial score (nSPS) is 28.5. The van der Waals surface area contributed by atoms with Crippen LogP contribution in [-0.4, -0.2) is 37.0 Å². The van der Waals surface area contributed by atoms with Crippen LogP contribution in [0.5, 0.6) is 0 Å². The molecule has 3 nitrogen and oxygen atoms in total. The van der Waals surface area contributed by atoms with Crippen molar-refractivity contribution in [1.82, 2.24) is 10.2 Å². The van der Waals surface area contributed by atoms with E-state index in [-0.39, 0.29) is 11.9 Å². The molecule has 1 rings (SSSR count). The van der Waals surface area contributed by atoms with Crippen LogP contribution < -0.4 is 5.32 Å². The molecule has 0 saturated heterocycles. The number of hydrogen-bond acceptors (Lipinski definition) is 2. The summed E-state index contributed by atoms with van der Waals surface area (Å²) >= 11 is 0. The average Bonchev–Trinajstić information content (AvgIpc) is 2.16. The highest BCUT2D eigenvalue weighted by atomic mass is 16.2. The first-order chi connectivity index (χ1) is 7.00. The van der Waals surface area contributed by atoms with Crippen LogP contribution in [0.1, 0.15) is 39.5 Å². The zero-order valence-electron chi connectivity index (χ0n) is 10.4. The molecule has 0 radical (unpaired) electrons. The molecule has 1 N–H and O–H groups in total. The third-order valence-electron chi connectivity index (χ3n) is 3.23. The molecule has 2 unspecified atom stereocenters. The van der Waals surface area contributed by atoms with E-state index in [2.05, 4.69) is 12.2 Å². The van der Waals surface area contributed by atoms with Crippen molar-refractivity contribution in [2.45, 2.75) is 51.6 Å². The lowest BCUT2D eigenvalue weighted by atomic mass is 9.87. The lowest BCUT2D eigenvalue weighted by Gasteiger charge is -2.30. The molecule has 1 fully saturated rings. The van der Waals surface area contributed by atoms with Gasteiger partial charge in [-0.3, -0.25) is 4.79 Å². The first kappa shape index (κ1) is 12.5. The van der Waals surface area contributed by atoms with Crippen molar-refractivity contribution in [2.75, 3.05) is 14.1 Å². The van der Waals surface area contributed by atoms with Crippen molar-refractivity contribution < 1.29 is 4.79 Å². The number of rotatable bonds is 3. The minimum Gasteiger partial charge on any atom is -0.347 e. The number of nitrogens with zero attached hydrogens (tertiary/aromatic N) is 1. The van der Waals surface area contributed by atoms with Crippen LogP contribution in [0.4, 0.5) is 0 Å². The Bertz CT molecular complexity index is 216. The molecule has 0 heterocycles. The lowest BCUT2D eigenvalue weighted by Crippen LogP contribution is -2.47. The smallest absolute Gasteiger partial charge is 0.238 e. The van der Waals surface area contributed by atoms with Crippen molar-refractivity contribution in [2.24, 2.45) is 5.92 Å². The highest BCUT2D eigenvalue weighted by Crippen LogP contribution is 2.23. The molecule has 0 spiro atoms. The highest BCUT2D eigenvalue weighted by molar-refractivity contribution is 5.80. The fraction of sp³-hybridized carbons (Fsp3) is 0.917. The Morgan fingerprint density at radius 1 is 1.40 bits per heavy atom. The Hall–Kier alpha value is -0.570. The van der Waals surface area contributed by atoms with Gasteiger partial charge in [-0.15, -0.1) is 0 Å². The molecule has 0 aromatic rings. The first-order valence-corrected chi connectivity index (χ1v) is 5.98. The van der Waals surface area contributed by atoms with Crippen LogP contribution in [0.15, 0.2) is 0 Å². The number of carbonyl (C=O) groups excluding carboxylic acids is 1. The molecule has 1 saturated carbocycles. The Labute approximate surface area is 93.2 Å². The Morgan fingerprint density at radius 2 is 2.07 bits per heavy atom. The first-order valence-electron chi connectivity index (χ1n) is 5.98. The van der Waals surface area contributed by atoms with Gasteiger partial charge in [0.2, 0.25) is 5.91 Å². The predicted molar refractivity (Wildman–Crippen MR) is 62.7 cm³/mol. The number of amides is 1. The van der Waals surface area contributed by atoms with Gasteiger partial charge >= 0.3 is 0 Å². The van der Waals surface area contributed by atoms with Gasteiger partial charge in [0.05, 0.1) is 6.04 Å². The molecule has 0 bridgehead atoms. The third-order valence-corrected chi connectivity index (χ3v) is 3.23. The second kappa shape index (κ2) is 5.50. The van der Waals surface area contributed by atoms with Gasteiger partial charge in [-0.1, -0.05) is 19.8 Å². The van der Waals surface area contributed by atoms with Crippen LogP contribution in [0, 0.1) is 5.92 Å².